The molecule has 386 valence electrons. The van der Waals surface area contributed by atoms with Crippen molar-refractivity contribution in [3.8, 4) is 35.2 Å². The summed E-state index contributed by atoms with van der Waals surface area (Å²) in [7, 11) is 1.52. The standard InChI is InChI=1S/C58H64F2N8O6/c1-3-39-5-4-6-40-27-43(74-35-72-2)28-45(50(39)40)51-47(59)29-46-53(52(51)60)62-57(63-54(46)67-30-37-7-8-38(25-37)31-67)73-34-58(16-17-58)33-65-19-14-36(15-20-65)13-18-64-21-23-66(24-22-64)42-9-10-44-41(26-42)32-68(56(44)71)48-11-12-49(69)61-55(48)70/h1,4-6,9-10,26-29,36-38,48H,7-8,11-25,30-35H2,2H3,(H,61,69,70)/t37?,38?,48-/m0/s1. The van der Waals surface area contributed by atoms with Crippen molar-refractivity contribution in [1.29, 1.82) is 0 Å². The van der Waals surface area contributed by atoms with E-state index >= 15 is 8.78 Å². The number of likely N-dealkylation sites (tertiary alicyclic amines) is 1. The van der Waals surface area contributed by atoms with Crippen LogP contribution in [0.15, 0.2) is 54.6 Å². The van der Waals surface area contributed by atoms with Crippen LogP contribution >= 0.6 is 0 Å². The van der Waals surface area contributed by atoms with Gasteiger partial charge in [0.25, 0.3) is 5.91 Å². The molecular formula is C58H64F2N8O6. The van der Waals surface area contributed by atoms with Crippen LogP contribution in [0.1, 0.15) is 85.7 Å². The first-order valence-corrected chi connectivity index (χ1v) is 26.7. The second-order valence-corrected chi connectivity index (χ2v) is 22.2. The lowest BCUT2D eigenvalue weighted by Crippen LogP contribution is -2.52. The Morgan fingerprint density at radius 2 is 1.65 bits per heavy atom. The van der Waals surface area contributed by atoms with E-state index in [9.17, 15) is 14.4 Å². The van der Waals surface area contributed by atoms with Gasteiger partial charge in [-0.3, -0.25) is 24.6 Å². The lowest BCUT2D eigenvalue weighted by atomic mass is 9.92. The number of hydrogen-bond acceptors (Lipinski definition) is 12. The molecule has 5 aromatic rings. The number of halogens is 2. The molecule has 3 atom stereocenters. The minimum Gasteiger partial charge on any atom is -0.468 e. The van der Waals surface area contributed by atoms with Crippen molar-refractivity contribution in [3.05, 3.63) is 82.9 Å². The van der Waals surface area contributed by atoms with Crippen molar-refractivity contribution in [2.45, 2.75) is 76.8 Å². The second-order valence-electron chi connectivity index (χ2n) is 22.2. The van der Waals surface area contributed by atoms with Gasteiger partial charge >= 0.3 is 6.01 Å². The number of anilines is 2. The molecule has 6 heterocycles. The Balaban J connectivity index is 0.680. The van der Waals surface area contributed by atoms with Crippen LogP contribution in [0.5, 0.6) is 11.8 Å². The Morgan fingerprint density at radius 1 is 0.851 bits per heavy atom. The maximum Gasteiger partial charge on any atom is 0.319 e. The molecule has 2 aliphatic carbocycles. The van der Waals surface area contributed by atoms with Gasteiger partial charge in [-0.05, 0) is 149 Å². The molecular weight excluding hydrogens is 943 g/mol. The van der Waals surface area contributed by atoms with E-state index in [4.69, 9.17) is 30.6 Å². The van der Waals surface area contributed by atoms with E-state index in [2.05, 4.69) is 36.9 Å². The largest absolute Gasteiger partial charge is 0.468 e. The molecule has 4 aromatic carbocycles. The van der Waals surface area contributed by atoms with Crippen molar-refractivity contribution >= 4 is 50.9 Å². The SMILES string of the molecule is C#Cc1cccc2cc(OCOC)cc(-c3c(F)cc4c(N5CC6CCC(C6)C5)nc(OCC5(CN6CCC(CCN7CCN(c8ccc9c(c8)CN([C@H]8CCC(=O)NC8=O)C9=O)CC7)CC6)CC5)nc4c3F)c12. The van der Waals surface area contributed by atoms with Gasteiger partial charge in [0.05, 0.1) is 12.2 Å². The van der Waals surface area contributed by atoms with E-state index in [0.717, 1.165) is 115 Å². The zero-order chi connectivity index (χ0) is 50.7. The average Bonchev–Trinajstić information content (AvgIpc) is 4.00. The van der Waals surface area contributed by atoms with Crippen LogP contribution in [-0.2, 0) is 20.9 Å². The number of imide groups is 1. The number of carbonyl (C=O) groups excluding carboxylic acids is 3. The third kappa shape index (κ3) is 9.51. The molecule has 0 radical (unpaired) electrons. The van der Waals surface area contributed by atoms with Crippen LogP contribution in [0.2, 0.25) is 0 Å². The fraction of sp³-hybridized carbons (Fsp3) is 0.500. The topological polar surface area (TPSA) is 133 Å². The molecule has 2 saturated carbocycles. The van der Waals surface area contributed by atoms with E-state index in [1.165, 1.54) is 26.0 Å². The summed E-state index contributed by atoms with van der Waals surface area (Å²) >= 11 is 0. The molecule has 6 fully saturated rings. The summed E-state index contributed by atoms with van der Waals surface area (Å²) in [5, 5.41) is 3.94. The molecule has 7 aliphatic rings. The highest BCUT2D eigenvalue weighted by Crippen LogP contribution is 2.48. The number of methoxy groups -OCH3 is 1. The number of piperazine rings is 1. The summed E-state index contributed by atoms with van der Waals surface area (Å²) in [5.74, 6) is 2.97. The molecule has 1 N–H and O–H groups in total. The number of nitrogens with zero attached hydrogens (tertiary/aromatic N) is 7. The van der Waals surface area contributed by atoms with E-state index < -0.39 is 17.7 Å². The number of hydrogen-bond donors (Lipinski definition) is 1. The minimum atomic E-state index is -0.797. The Kier molecular flexibility index (Phi) is 13.1. The third-order valence-electron chi connectivity index (χ3n) is 17.3. The Bertz CT molecular complexity index is 3060. The zero-order valence-electron chi connectivity index (χ0n) is 42.2. The Morgan fingerprint density at radius 3 is 2.39 bits per heavy atom. The number of piperidine rings is 3. The van der Waals surface area contributed by atoms with Crippen molar-refractivity contribution in [1.82, 2.24) is 30.0 Å². The van der Waals surface area contributed by atoms with Crippen LogP contribution in [0.25, 0.3) is 32.8 Å². The van der Waals surface area contributed by atoms with Crippen LogP contribution in [-0.4, -0.2) is 134 Å². The Hall–Kier alpha value is -6.41. The molecule has 2 bridgehead atoms. The van der Waals surface area contributed by atoms with Gasteiger partial charge in [0.1, 0.15) is 28.9 Å². The number of amides is 3. The predicted octanol–water partition coefficient (Wildman–Crippen LogP) is 7.77. The van der Waals surface area contributed by atoms with Gasteiger partial charge in [0, 0.05) is 104 Å². The van der Waals surface area contributed by atoms with E-state index in [-0.39, 0.29) is 59.0 Å². The molecule has 3 amide bonds. The molecule has 1 aromatic heterocycles. The number of nitrogens with one attached hydrogen (secondary N) is 1. The number of benzene rings is 4. The smallest absolute Gasteiger partial charge is 0.319 e. The summed E-state index contributed by atoms with van der Waals surface area (Å²) in [4.78, 5) is 58.6. The summed E-state index contributed by atoms with van der Waals surface area (Å²) in [6.45, 7) is 10.2. The normalized spacial score (nSPS) is 23.1. The lowest BCUT2D eigenvalue weighted by Gasteiger charge is -2.38. The van der Waals surface area contributed by atoms with E-state index in [1.807, 2.05) is 24.3 Å². The van der Waals surface area contributed by atoms with Crippen LogP contribution in [0, 0.1) is 47.1 Å². The molecule has 12 rings (SSSR count). The molecule has 14 nitrogen and oxygen atoms in total. The van der Waals surface area contributed by atoms with E-state index in [0.29, 0.717) is 76.2 Å². The van der Waals surface area contributed by atoms with Gasteiger partial charge in [0.2, 0.25) is 11.8 Å². The fourth-order valence-electron chi connectivity index (χ4n) is 13.0. The summed E-state index contributed by atoms with van der Waals surface area (Å²) in [5.41, 5.74) is 3.21. The molecule has 74 heavy (non-hydrogen) atoms. The lowest BCUT2D eigenvalue weighted by molar-refractivity contribution is -0.136. The second kappa shape index (κ2) is 20.0. The number of fused-ring (bicyclic) bond motifs is 5. The highest BCUT2D eigenvalue weighted by atomic mass is 19.1. The van der Waals surface area contributed by atoms with Gasteiger partial charge in [-0.1, -0.05) is 18.1 Å². The first kappa shape index (κ1) is 48.5. The van der Waals surface area contributed by atoms with Gasteiger partial charge in [0.15, 0.2) is 12.6 Å². The monoisotopic (exact) mass is 1010 g/mol. The highest BCUT2D eigenvalue weighted by Gasteiger charge is 2.46. The first-order chi connectivity index (χ1) is 36.0. The maximum atomic E-state index is 17.5. The van der Waals surface area contributed by atoms with Crippen molar-refractivity contribution in [2.75, 3.05) is 95.8 Å². The number of ether oxygens (including phenoxy) is 3. The molecule has 4 saturated heterocycles. The van der Waals surface area contributed by atoms with Crippen LogP contribution in [0.4, 0.5) is 20.3 Å². The first-order valence-electron chi connectivity index (χ1n) is 26.7. The number of terminal acetylenes is 1. The summed E-state index contributed by atoms with van der Waals surface area (Å²) in [6, 6.07) is 15.8. The van der Waals surface area contributed by atoms with E-state index in [1.54, 1.807) is 23.1 Å². The van der Waals surface area contributed by atoms with Crippen LogP contribution in [0.3, 0.4) is 0 Å². The third-order valence-corrected chi connectivity index (χ3v) is 17.3. The van der Waals surface area contributed by atoms with Crippen molar-refractivity contribution in [3.63, 3.8) is 0 Å². The number of aromatic nitrogens is 2. The molecule has 0 spiro atoms. The van der Waals surface area contributed by atoms with Gasteiger partial charge in [-0.25, -0.2) is 8.78 Å². The fourth-order valence-corrected chi connectivity index (χ4v) is 13.0. The highest BCUT2D eigenvalue weighted by molar-refractivity contribution is 6.06. The van der Waals surface area contributed by atoms with Gasteiger partial charge in [-0.2, -0.15) is 9.97 Å². The molecule has 5 aliphatic heterocycles. The van der Waals surface area contributed by atoms with Crippen molar-refractivity contribution in [2.24, 2.45) is 23.2 Å². The average molecular weight is 1010 g/mol. The van der Waals surface area contributed by atoms with Gasteiger partial charge < -0.3 is 33.8 Å². The molecule has 2 unspecified atom stereocenters. The summed E-state index contributed by atoms with van der Waals surface area (Å²) in [6.07, 6.45) is 15.6. The zero-order valence-corrected chi connectivity index (χ0v) is 42.2. The Labute approximate surface area is 430 Å². The van der Waals surface area contributed by atoms with Gasteiger partial charge in [-0.15, -0.1) is 6.42 Å². The van der Waals surface area contributed by atoms with Crippen LogP contribution < -0.4 is 24.6 Å². The molecule has 16 heteroatoms. The number of carbonyl (C=O) groups is 3. The quantitative estimate of drug-likeness (QED) is 0.0625. The minimum absolute atomic E-state index is 0.0158. The number of rotatable bonds is 15. The maximum absolute atomic E-state index is 17.5. The van der Waals surface area contributed by atoms with Crippen molar-refractivity contribution < 1.29 is 37.4 Å². The predicted molar refractivity (Wildman–Crippen MR) is 278 cm³/mol. The summed E-state index contributed by atoms with van der Waals surface area (Å²) < 4.78 is 51.8.